The molecule has 1 aliphatic carbocycles. The standard InChI is InChI=1S/C18H38N2/c1-7-13-19-14-18(11-9-16(3)10-12-18)15-20(6)17(4,5)8-2/h16,19H,7-15H2,1-6H3. The number of hydrogen-bond acceptors (Lipinski definition) is 2. The van der Waals surface area contributed by atoms with Crippen LogP contribution in [0.15, 0.2) is 0 Å². The van der Waals surface area contributed by atoms with Gasteiger partial charge in [-0.05, 0) is 64.5 Å². The Kier molecular flexibility index (Phi) is 7.00. The van der Waals surface area contributed by atoms with Gasteiger partial charge in [0.25, 0.3) is 0 Å². The molecule has 0 bridgehead atoms. The third kappa shape index (κ3) is 5.04. The highest BCUT2D eigenvalue weighted by atomic mass is 15.2. The van der Waals surface area contributed by atoms with Gasteiger partial charge in [-0.1, -0.05) is 33.6 Å². The van der Waals surface area contributed by atoms with Crippen LogP contribution in [-0.2, 0) is 0 Å². The molecular weight excluding hydrogens is 244 g/mol. The molecule has 20 heavy (non-hydrogen) atoms. The Morgan fingerprint density at radius 3 is 2.30 bits per heavy atom. The summed E-state index contributed by atoms with van der Waals surface area (Å²) in [6.45, 7) is 15.4. The fourth-order valence-corrected chi connectivity index (χ4v) is 3.28. The summed E-state index contributed by atoms with van der Waals surface area (Å²) in [4.78, 5) is 2.61. The van der Waals surface area contributed by atoms with E-state index in [9.17, 15) is 0 Å². The number of hydrogen-bond donors (Lipinski definition) is 1. The van der Waals surface area contributed by atoms with Gasteiger partial charge in [0, 0.05) is 18.6 Å². The molecule has 0 aromatic rings. The van der Waals surface area contributed by atoms with Crippen LogP contribution in [0.5, 0.6) is 0 Å². The fourth-order valence-electron chi connectivity index (χ4n) is 3.28. The van der Waals surface area contributed by atoms with E-state index in [1.165, 1.54) is 51.6 Å². The van der Waals surface area contributed by atoms with Gasteiger partial charge >= 0.3 is 0 Å². The lowest BCUT2D eigenvalue weighted by Crippen LogP contribution is -2.51. The quantitative estimate of drug-likeness (QED) is 0.668. The summed E-state index contributed by atoms with van der Waals surface area (Å²) in [5.74, 6) is 0.929. The van der Waals surface area contributed by atoms with Crippen LogP contribution in [-0.4, -0.2) is 37.1 Å². The van der Waals surface area contributed by atoms with Crippen LogP contribution in [0.25, 0.3) is 0 Å². The molecule has 0 saturated heterocycles. The van der Waals surface area contributed by atoms with Crippen LogP contribution in [0, 0.1) is 11.3 Å². The molecule has 2 nitrogen and oxygen atoms in total. The van der Waals surface area contributed by atoms with Gasteiger partial charge in [-0.3, -0.25) is 0 Å². The zero-order valence-electron chi connectivity index (χ0n) is 14.9. The zero-order valence-corrected chi connectivity index (χ0v) is 14.9. The lowest BCUT2D eigenvalue weighted by atomic mass is 9.70. The zero-order chi connectivity index (χ0) is 15.2. The van der Waals surface area contributed by atoms with Crippen molar-refractivity contribution in [1.29, 1.82) is 0 Å². The summed E-state index contributed by atoms with van der Waals surface area (Å²) >= 11 is 0. The second-order valence-electron chi connectivity index (χ2n) is 7.88. The number of rotatable bonds is 8. The molecule has 0 aliphatic heterocycles. The Labute approximate surface area is 127 Å². The molecule has 2 heteroatoms. The van der Waals surface area contributed by atoms with Gasteiger partial charge in [-0.15, -0.1) is 0 Å². The van der Waals surface area contributed by atoms with E-state index >= 15 is 0 Å². The van der Waals surface area contributed by atoms with Crippen LogP contribution < -0.4 is 5.32 Å². The molecule has 0 aromatic carbocycles. The van der Waals surface area contributed by atoms with Crippen LogP contribution in [0.4, 0.5) is 0 Å². The van der Waals surface area contributed by atoms with Gasteiger partial charge in [0.2, 0.25) is 0 Å². The van der Waals surface area contributed by atoms with Gasteiger partial charge in [-0.2, -0.15) is 0 Å². The average Bonchev–Trinajstić information content (AvgIpc) is 2.42. The first-order valence-corrected chi connectivity index (χ1v) is 8.77. The van der Waals surface area contributed by atoms with Crippen molar-refractivity contribution in [2.45, 2.75) is 78.7 Å². The van der Waals surface area contributed by atoms with Crippen molar-refractivity contribution in [1.82, 2.24) is 10.2 Å². The molecular formula is C18H38N2. The molecule has 1 rings (SSSR count). The first-order chi connectivity index (χ1) is 9.35. The van der Waals surface area contributed by atoms with E-state index in [1.807, 2.05) is 0 Å². The molecule has 1 N–H and O–H groups in total. The third-order valence-electron chi connectivity index (χ3n) is 5.73. The predicted octanol–water partition coefficient (Wildman–Crippen LogP) is 4.30. The lowest BCUT2D eigenvalue weighted by molar-refractivity contribution is 0.0472. The van der Waals surface area contributed by atoms with Gasteiger partial charge < -0.3 is 10.2 Å². The Bertz CT molecular complexity index is 265. The van der Waals surface area contributed by atoms with Crippen molar-refractivity contribution in [3.63, 3.8) is 0 Å². The Balaban J connectivity index is 2.67. The van der Waals surface area contributed by atoms with Gasteiger partial charge in [-0.25, -0.2) is 0 Å². The van der Waals surface area contributed by atoms with E-state index in [2.05, 4.69) is 51.9 Å². The summed E-state index contributed by atoms with van der Waals surface area (Å²) in [7, 11) is 2.32. The summed E-state index contributed by atoms with van der Waals surface area (Å²) in [5, 5.41) is 3.71. The largest absolute Gasteiger partial charge is 0.316 e. The van der Waals surface area contributed by atoms with E-state index in [1.54, 1.807) is 0 Å². The van der Waals surface area contributed by atoms with Gasteiger partial charge in [0.15, 0.2) is 0 Å². The topological polar surface area (TPSA) is 15.3 Å². The van der Waals surface area contributed by atoms with Gasteiger partial charge in [0.05, 0.1) is 0 Å². The van der Waals surface area contributed by atoms with Crippen molar-refractivity contribution in [2.24, 2.45) is 11.3 Å². The molecule has 0 amide bonds. The minimum atomic E-state index is 0.320. The van der Waals surface area contributed by atoms with Crippen LogP contribution in [0.1, 0.15) is 73.1 Å². The Hall–Kier alpha value is -0.0800. The molecule has 0 aromatic heterocycles. The first-order valence-electron chi connectivity index (χ1n) is 8.77. The maximum atomic E-state index is 3.71. The maximum Gasteiger partial charge on any atom is 0.0147 e. The third-order valence-corrected chi connectivity index (χ3v) is 5.73. The average molecular weight is 283 g/mol. The normalized spacial score (nSPS) is 28.1. The van der Waals surface area contributed by atoms with E-state index in [0.717, 1.165) is 12.5 Å². The van der Waals surface area contributed by atoms with Crippen molar-refractivity contribution >= 4 is 0 Å². The van der Waals surface area contributed by atoms with E-state index in [4.69, 9.17) is 0 Å². The lowest BCUT2D eigenvalue weighted by Gasteiger charge is -2.46. The highest BCUT2D eigenvalue weighted by Gasteiger charge is 2.37. The highest BCUT2D eigenvalue weighted by Crippen LogP contribution is 2.40. The Morgan fingerprint density at radius 1 is 1.20 bits per heavy atom. The highest BCUT2D eigenvalue weighted by molar-refractivity contribution is 4.91. The summed E-state index contributed by atoms with van der Waals surface area (Å²) in [5.41, 5.74) is 0.823. The number of nitrogens with zero attached hydrogens (tertiary/aromatic N) is 1. The second kappa shape index (κ2) is 7.79. The molecule has 1 aliphatic rings. The number of nitrogens with one attached hydrogen (secondary N) is 1. The molecule has 0 unspecified atom stereocenters. The van der Waals surface area contributed by atoms with Crippen molar-refractivity contribution in [3.05, 3.63) is 0 Å². The van der Waals surface area contributed by atoms with Crippen LogP contribution in [0.3, 0.4) is 0 Å². The summed E-state index contributed by atoms with van der Waals surface area (Å²) in [6, 6.07) is 0. The molecule has 0 atom stereocenters. The SMILES string of the molecule is CCCNCC1(CN(C)C(C)(C)CC)CCC(C)CC1. The molecule has 120 valence electrons. The Morgan fingerprint density at radius 2 is 1.80 bits per heavy atom. The molecule has 1 fully saturated rings. The van der Waals surface area contributed by atoms with Crippen molar-refractivity contribution in [2.75, 3.05) is 26.7 Å². The van der Waals surface area contributed by atoms with Crippen LogP contribution >= 0.6 is 0 Å². The predicted molar refractivity (Wildman–Crippen MR) is 90.2 cm³/mol. The van der Waals surface area contributed by atoms with Gasteiger partial charge in [0.1, 0.15) is 0 Å². The van der Waals surface area contributed by atoms with E-state index in [0.29, 0.717) is 11.0 Å². The summed E-state index contributed by atoms with van der Waals surface area (Å²) in [6.07, 6.45) is 8.08. The van der Waals surface area contributed by atoms with Crippen LogP contribution in [0.2, 0.25) is 0 Å². The monoisotopic (exact) mass is 282 g/mol. The molecule has 0 heterocycles. The van der Waals surface area contributed by atoms with Crippen molar-refractivity contribution < 1.29 is 0 Å². The maximum absolute atomic E-state index is 3.71. The second-order valence-corrected chi connectivity index (χ2v) is 7.88. The smallest absolute Gasteiger partial charge is 0.0147 e. The molecule has 1 saturated carbocycles. The van der Waals surface area contributed by atoms with E-state index in [-0.39, 0.29) is 0 Å². The minimum Gasteiger partial charge on any atom is -0.316 e. The fraction of sp³-hybridized carbons (Fsp3) is 1.00. The van der Waals surface area contributed by atoms with Crippen molar-refractivity contribution in [3.8, 4) is 0 Å². The van der Waals surface area contributed by atoms with E-state index < -0.39 is 0 Å². The minimum absolute atomic E-state index is 0.320. The summed E-state index contributed by atoms with van der Waals surface area (Å²) < 4.78 is 0. The first kappa shape index (κ1) is 18.0. The molecule has 0 spiro atoms. The molecule has 0 radical (unpaired) electrons.